The third-order valence-electron chi connectivity index (χ3n) is 3.28. The summed E-state index contributed by atoms with van der Waals surface area (Å²) in [4.78, 5) is 12.2. The van der Waals surface area contributed by atoms with Crippen LogP contribution in [0.3, 0.4) is 0 Å². The van der Waals surface area contributed by atoms with E-state index in [9.17, 15) is 4.79 Å². The van der Waals surface area contributed by atoms with E-state index in [1.807, 2.05) is 19.9 Å². The number of amides is 1. The van der Waals surface area contributed by atoms with Gasteiger partial charge in [0.05, 0.1) is 32.1 Å². The van der Waals surface area contributed by atoms with Crippen LogP contribution in [-0.2, 0) is 0 Å². The lowest BCUT2D eigenvalue weighted by Gasteiger charge is -2.13. The second-order valence-electron chi connectivity index (χ2n) is 5.48. The van der Waals surface area contributed by atoms with Crippen LogP contribution in [0.2, 0.25) is 0 Å². The molecule has 0 atom stereocenters. The van der Waals surface area contributed by atoms with E-state index in [2.05, 4.69) is 10.5 Å². The van der Waals surface area contributed by atoms with E-state index in [-0.39, 0.29) is 12.0 Å². The average molecular weight is 342 g/mol. The van der Waals surface area contributed by atoms with Crippen molar-refractivity contribution in [2.75, 3.05) is 14.2 Å². The number of nitrogens with zero attached hydrogens (tertiary/aromatic N) is 1. The summed E-state index contributed by atoms with van der Waals surface area (Å²) in [7, 11) is 3.10. The standard InChI is InChI=1S/C19H22N2O4/c1-13(2)25-18-11-14(9-10-17(18)24-4)12-20-21-19(22)15-7-5-6-8-16(15)23-3/h5-13H,1-4H3,(H,21,22)/b20-12+. The summed E-state index contributed by atoms with van der Waals surface area (Å²) in [6.45, 7) is 3.88. The molecular weight excluding hydrogens is 320 g/mol. The molecule has 0 heterocycles. The van der Waals surface area contributed by atoms with Crippen molar-refractivity contribution in [2.45, 2.75) is 20.0 Å². The van der Waals surface area contributed by atoms with Crippen LogP contribution >= 0.6 is 0 Å². The zero-order valence-corrected chi connectivity index (χ0v) is 14.8. The van der Waals surface area contributed by atoms with E-state index in [0.29, 0.717) is 22.8 Å². The first-order chi connectivity index (χ1) is 12.0. The van der Waals surface area contributed by atoms with Crippen molar-refractivity contribution in [3.05, 3.63) is 53.6 Å². The number of para-hydroxylation sites is 1. The number of ether oxygens (including phenoxy) is 3. The Morgan fingerprint density at radius 2 is 1.76 bits per heavy atom. The molecular formula is C19H22N2O4. The Hall–Kier alpha value is -3.02. The summed E-state index contributed by atoms with van der Waals surface area (Å²) in [5.41, 5.74) is 3.68. The number of carbonyl (C=O) groups is 1. The number of hydrogen-bond donors (Lipinski definition) is 1. The highest BCUT2D eigenvalue weighted by molar-refractivity contribution is 5.97. The van der Waals surface area contributed by atoms with Gasteiger partial charge in [0.1, 0.15) is 5.75 Å². The molecule has 0 unspecified atom stereocenters. The second-order valence-corrected chi connectivity index (χ2v) is 5.48. The Morgan fingerprint density at radius 3 is 2.44 bits per heavy atom. The summed E-state index contributed by atoms with van der Waals surface area (Å²) in [5.74, 6) is 1.41. The van der Waals surface area contributed by atoms with Crippen molar-refractivity contribution in [3.63, 3.8) is 0 Å². The van der Waals surface area contributed by atoms with Crippen LogP contribution in [0, 0.1) is 0 Å². The highest BCUT2D eigenvalue weighted by Gasteiger charge is 2.10. The fourth-order valence-corrected chi connectivity index (χ4v) is 2.18. The predicted molar refractivity (Wildman–Crippen MR) is 96.8 cm³/mol. The average Bonchev–Trinajstić information content (AvgIpc) is 2.61. The Morgan fingerprint density at radius 1 is 1.04 bits per heavy atom. The minimum Gasteiger partial charge on any atom is -0.496 e. The first-order valence-corrected chi connectivity index (χ1v) is 7.86. The molecule has 1 amide bonds. The molecule has 25 heavy (non-hydrogen) atoms. The van der Waals surface area contributed by atoms with Gasteiger partial charge >= 0.3 is 0 Å². The third kappa shape index (κ3) is 4.97. The fourth-order valence-electron chi connectivity index (χ4n) is 2.18. The molecule has 0 saturated heterocycles. The number of nitrogens with one attached hydrogen (secondary N) is 1. The van der Waals surface area contributed by atoms with Crippen LogP contribution in [-0.4, -0.2) is 32.4 Å². The number of hydrogen-bond acceptors (Lipinski definition) is 5. The van der Waals surface area contributed by atoms with Crippen molar-refractivity contribution < 1.29 is 19.0 Å². The highest BCUT2D eigenvalue weighted by atomic mass is 16.5. The maximum Gasteiger partial charge on any atom is 0.275 e. The zero-order chi connectivity index (χ0) is 18.2. The normalized spacial score (nSPS) is 10.8. The number of hydrazone groups is 1. The molecule has 132 valence electrons. The summed E-state index contributed by atoms with van der Waals surface area (Å²) in [6.07, 6.45) is 1.56. The lowest BCUT2D eigenvalue weighted by molar-refractivity contribution is 0.0952. The highest BCUT2D eigenvalue weighted by Crippen LogP contribution is 2.28. The van der Waals surface area contributed by atoms with Gasteiger partial charge in [0.2, 0.25) is 0 Å². The van der Waals surface area contributed by atoms with Crippen molar-refractivity contribution in [2.24, 2.45) is 5.10 Å². The van der Waals surface area contributed by atoms with Gasteiger partial charge in [0.15, 0.2) is 11.5 Å². The minimum absolute atomic E-state index is 0.0198. The summed E-state index contributed by atoms with van der Waals surface area (Å²) in [5, 5.41) is 3.99. The first-order valence-electron chi connectivity index (χ1n) is 7.86. The maximum atomic E-state index is 12.2. The Bertz CT molecular complexity index is 757. The van der Waals surface area contributed by atoms with Gasteiger partial charge in [-0.2, -0.15) is 5.10 Å². The molecule has 0 fully saturated rings. The van der Waals surface area contributed by atoms with Crippen LogP contribution in [0.4, 0.5) is 0 Å². The third-order valence-corrected chi connectivity index (χ3v) is 3.28. The molecule has 0 aliphatic heterocycles. The van der Waals surface area contributed by atoms with Gasteiger partial charge < -0.3 is 14.2 Å². The van der Waals surface area contributed by atoms with Crippen LogP contribution < -0.4 is 19.6 Å². The van der Waals surface area contributed by atoms with Crippen LogP contribution in [0.5, 0.6) is 17.2 Å². The Kier molecular flexibility index (Phi) is 6.39. The molecule has 0 saturated carbocycles. The molecule has 6 nitrogen and oxygen atoms in total. The molecule has 1 N–H and O–H groups in total. The zero-order valence-electron chi connectivity index (χ0n) is 14.8. The van der Waals surface area contributed by atoms with Crippen molar-refractivity contribution in [1.82, 2.24) is 5.43 Å². The van der Waals surface area contributed by atoms with E-state index in [1.54, 1.807) is 49.7 Å². The molecule has 0 spiro atoms. The molecule has 2 rings (SSSR count). The number of methoxy groups -OCH3 is 2. The minimum atomic E-state index is -0.346. The lowest BCUT2D eigenvalue weighted by atomic mass is 10.2. The molecule has 6 heteroatoms. The summed E-state index contributed by atoms with van der Waals surface area (Å²) >= 11 is 0. The number of carbonyl (C=O) groups excluding carboxylic acids is 1. The van der Waals surface area contributed by atoms with E-state index in [1.165, 1.54) is 7.11 Å². The number of benzene rings is 2. The fraction of sp³-hybridized carbons (Fsp3) is 0.263. The first kappa shape index (κ1) is 18.3. The largest absolute Gasteiger partial charge is 0.496 e. The monoisotopic (exact) mass is 342 g/mol. The van der Waals surface area contributed by atoms with Crippen molar-refractivity contribution in [1.29, 1.82) is 0 Å². The molecule has 2 aromatic rings. The molecule has 0 aromatic heterocycles. The predicted octanol–water partition coefficient (Wildman–Crippen LogP) is 3.25. The van der Waals surface area contributed by atoms with Crippen LogP contribution in [0.25, 0.3) is 0 Å². The smallest absolute Gasteiger partial charge is 0.275 e. The van der Waals surface area contributed by atoms with Gasteiger partial charge in [0, 0.05) is 0 Å². The maximum absolute atomic E-state index is 12.2. The quantitative estimate of drug-likeness (QED) is 0.619. The van der Waals surface area contributed by atoms with Crippen molar-refractivity contribution in [3.8, 4) is 17.2 Å². The lowest BCUT2D eigenvalue weighted by Crippen LogP contribution is -2.18. The van der Waals surface area contributed by atoms with Crippen molar-refractivity contribution >= 4 is 12.1 Å². The van der Waals surface area contributed by atoms with E-state index < -0.39 is 0 Å². The SMILES string of the molecule is COc1ccc(/C=N/NC(=O)c2ccccc2OC)cc1OC(C)C. The second kappa shape index (κ2) is 8.73. The van der Waals surface area contributed by atoms with E-state index in [0.717, 1.165) is 5.56 Å². The van der Waals surface area contributed by atoms with Gasteiger partial charge in [-0.05, 0) is 49.7 Å². The van der Waals surface area contributed by atoms with Gasteiger partial charge in [-0.15, -0.1) is 0 Å². The summed E-state index contributed by atoms with van der Waals surface area (Å²) in [6, 6.07) is 12.4. The van der Waals surface area contributed by atoms with Gasteiger partial charge in [-0.1, -0.05) is 12.1 Å². The molecule has 0 radical (unpaired) electrons. The van der Waals surface area contributed by atoms with E-state index >= 15 is 0 Å². The molecule has 0 aliphatic carbocycles. The molecule has 2 aromatic carbocycles. The molecule has 0 aliphatic rings. The number of rotatable bonds is 7. The summed E-state index contributed by atoms with van der Waals surface area (Å²) < 4.78 is 16.2. The van der Waals surface area contributed by atoms with Gasteiger partial charge in [0.25, 0.3) is 5.91 Å². The van der Waals surface area contributed by atoms with Crippen LogP contribution in [0.1, 0.15) is 29.8 Å². The molecule has 0 bridgehead atoms. The van der Waals surface area contributed by atoms with Crippen LogP contribution in [0.15, 0.2) is 47.6 Å². The Labute approximate surface area is 147 Å². The Balaban J connectivity index is 2.10. The topological polar surface area (TPSA) is 69.2 Å². The van der Waals surface area contributed by atoms with Gasteiger partial charge in [-0.3, -0.25) is 4.79 Å². The van der Waals surface area contributed by atoms with Gasteiger partial charge in [-0.25, -0.2) is 5.43 Å². The van der Waals surface area contributed by atoms with E-state index in [4.69, 9.17) is 14.2 Å².